The Morgan fingerprint density at radius 1 is 0.970 bits per heavy atom. The van der Waals surface area contributed by atoms with Crippen molar-refractivity contribution in [2.75, 3.05) is 0 Å². The summed E-state index contributed by atoms with van der Waals surface area (Å²) in [5.74, 6) is -1.82. The van der Waals surface area contributed by atoms with Crippen LogP contribution < -0.4 is 10.8 Å². The van der Waals surface area contributed by atoms with Crippen molar-refractivity contribution >= 4 is 17.8 Å². The fourth-order valence-corrected chi connectivity index (χ4v) is 3.90. The van der Waals surface area contributed by atoms with Crippen LogP contribution in [0.25, 0.3) is 0 Å². The van der Waals surface area contributed by atoms with Gasteiger partial charge in [0, 0.05) is 12.5 Å². The Hall–Kier alpha value is -2.41. The molecule has 1 saturated carbocycles. The third kappa shape index (κ3) is 9.95. The number of esters is 1. The summed E-state index contributed by atoms with van der Waals surface area (Å²) in [4.78, 5) is 44.0. The standard InChI is InChI=1S/C26H40N2O5/c1-25(2,3)32-24(31)20-14-10-11-15-21(20)27-23(30)19(16-18-12-8-7-9-13-18)17-22(29)28-33-26(4,5)6/h7-9,12-13,19-21H,10-11,14-17H2,1-6H3,(H,27,30)(H,28,29)/t19-,20-,21+/m0/s1. The summed E-state index contributed by atoms with van der Waals surface area (Å²) in [5, 5.41) is 3.07. The van der Waals surface area contributed by atoms with E-state index >= 15 is 0 Å². The smallest absolute Gasteiger partial charge is 0.311 e. The third-order valence-electron chi connectivity index (χ3n) is 5.40. The van der Waals surface area contributed by atoms with Gasteiger partial charge in [0.05, 0.1) is 17.4 Å². The number of nitrogens with one attached hydrogen (secondary N) is 2. The predicted octanol–water partition coefficient (Wildman–Crippen LogP) is 4.10. The van der Waals surface area contributed by atoms with Crippen molar-refractivity contribution in [2.45, 2.75) is 97.3 Å². The molecular weight excluding hydrogens is 420 g/mol. The van der Waals surface area contributed by atoms with Crippen LogP contribution in [0, 0.1) is 11.8 Å². The lowest BCUT2D eigenvalue weighted by atomic mass is 9.83. The highest BCUT2D eigenvalue weighted by molar-refractivity contribution is 5.86. The lowest BCUT2D eigenvalue weighted by Crippen LogP contribution is -2.49. The van der Waals surface area contributed by atoms with Crippen LogP contribution in [-0.2, 0) is 30.4 Å². The first kappa shape index (κ1) is 26.8. The molecule has 3 atom stereocenters. The largest absolute Gasteiger partial charge is 0.460 e. The molecule has 1 aromatic carbocycles. The molecule has 0 heterocycles. The quantitative estimate of drug-likeness (QED) is 0.450. The number of hydrogen-bond donors (Lipinski definition) is 2. The molecule has 1 aliphatic carbocycles. The van der Waals surface area contributed by atoms with Gasteiger partial charge >= 0.3 is 5.97 Å². The third-order valence-corrected chi connectivity index (χ3v) is 5.40. The van der Waals surface area contributed by atoms with Gasteiger partial charge in [0.25, 0.3) is 0 Å². The zero-order valence-electron chi connectivity index (χ0n) is 20.9. The van der Waals surface area contributed by atoms with Crippen molar-refractivity contribution in [1.29, 1.82) is 0 Å². The van der Waals surface area contributed by atoms with E-state index < -0.39 is 17.1 Å². The summed E-state index contributed by atoms with van der Waals surface area (Å²) in [6, 6.07) is 9.31. The lowest BCUT2D eigenvalue weighted by molar-refractivity contribution is -0.162. The Morgan fingerprint density at radius 2 is 1.61 bits per heavy atom. The van der Waals surface area contributed by atoms with Crippen molar-refractivity contribution in [2.24, 2.45) is 11.8 Å². The number of benzene rings is 1. The van der Waals surface area contributed by atoms with Gasteiger partial charge in [-0.2, -0.15) is 0 Å². The fourth-order valence-electron chi connectivity index (χ4n) is 3.90. The van der Waals surface area contributed by atoms with E-state index in [-0.39, 0.29) is 36.2 Å². The van der Waals surface area contributed by atoms with E-state index in [0.717, 1.165) is 18.4 Å². The van der Waals surface area contributed by atoms with Gasteiger partial charge in [0.15, 0.2) is 0 Å². The fraction of sp³-hybridized carbons (Fsp3) is 0.654. The SMILES string of the molecule is CC(C)(C)ONC(=O)C[C@H](Cc1ccccc1)C(=O)N[C@@H]1CCCC[C@@H]1C(=O)OC(C)(C)C. The first-order chi connectivity index (χ1) is 15.3. The monoisotopic (exact) mass is 460 g/mol. The van der Waals surface area contributed by atoms with E-state index in [1.165, 1.54) is 0 Å². The van der Waals surface area contributed by atoms with Gasteiger partial charge < -0.3 is 10.1 Å². The molecule has 0 unspecified atom stereocenters. The van der Waals surface area contributed by atoms with Gasteiger partial charge in [-0.1, -0.05) is 43.2 Å². The van der Waals surface area contributed by atoms with Crippen LogP contribution in [0.2, 0.25) is 0 Å². The van der Waals surface area contributed by atoms with E-state index in [1.807, 2.05) is 71.9 Å². The molecule has 0 aromatic heterocycles. The van der Waals surface area contributed by atoms with E-state index in [9.17, 15) is 14.4 Å². The van der Waals surface area contributed by atoms with Crippen LogP contribution in [0.1, 0.15) is 79.2 Å². The number of rotatable bonds is 8. The first-order valence-corrected chi connectivity index (χ1v) is 11.9. The lowest BCUT2D eigenvalue weighted by Gasteiger charge is -2.33. The molecule has 7 heteroatoms. The second-order valence-electron chi connectivity index (χ2n) is 10.9. The van der Waals surface area contributed by atoms with Gasteiger partial charge in [-0.3, -0.25) is 19.2 Å². The minimum Gasteiger partial charge on any atom is -0.460 e. The molecular formula is C26H40N2O5. The Kier molecular flexibility index (Phi) is 9.46. The summed E-state index contributed by atoms with van der Waals surface area (Å²) in [6.07, 6.45) is 3.67. The van der Waals surface area contributed by atoms with Gasteiger partial charge in [0.2, 0.25) is 11.8 Å². The van der Waals surface area contributed by atoms with Gasteiger partial charge in [-0.15, -0.1) is 0 Å². The molecule has 0 saturated heterocycles. The molecule has 7 nitrogen and oxygen atoms in total. The molecule has 2 N–H and O–H groups in total. The summed E-state index contributed by atoms with van der Waals surface area (Å²) in [7, 11) is 0. The molecule has 2 amide bonds. The van der Waals surface area contributed by atoms with Gasteiger partial charge in [-0.05, 0) is 66.4 Å². The van der Waals surface area contributed by atoms with Crippen LogP contribution in [0.4, 0.5) is 0 Å². The van der Waals surface area contributed by atoms with E-state index in [1.54, 1.807) is 0 Å². The average molecular weight is 461 g/mol. The summed E-state index contributed by atoms with van der Waals surface area (Å²) in [5.41, 5.74) is 2.31. The van der Waals surface area contributed by atoms with E-state index in [4.69, 9.17) is 9.57 Å². The molecule has 1 aliphatic rings. The minimum absolute atomic E-state index is 0.0133. The zero-order chi connectivity index (χ0) is 24.6. The molecule has 0 spiro atoms. The predicted molar refractivity (Wildman–Crippen MR) is 127 cm³/mol. The maximum atomic E-state index is 13.3. The number of hydroxylamine groups is 1. The van der Waals surface area contributed by atoms with Crippen molar-refractivity contribution in [1.82, 2.24) is 10.8 Å². The second-order valence-corrected chi connectivity index (χ2v) is 10.9. The molecule has 0 radical (unpaired) electrons. The van der Waals surface area contributed by atoms with Crippen LogP contribution in [0.15, 0.2) is 30.3 Å². The molecule has 1 fully saturated rings. The van der Waals surface area contributed by atoms with Crippen molar-refractivity contribution in [3.8, 4) is 0 Å². The molecule has 0 bridgehead atoms. The Labute approximate surface area is 197 Å². The summed E-state index contributed by atoms with van der Waals surface area (Å²) >= 11 is 0. The van der Waals surface area contributed by atoms with Crippen molar-refractivity contribution in [3.63, 3.8) is 0 Å². The van der Waals surface area contributed by atoms with Crippen molar-refractivity contribution in [3.05, 3.63) is 35.9 Å². The molecule has 33 heavy (non-hydrogen) atoms. The maximum Gasteiger partial charge on any atom is 0.311 e. The topological polar surface area (TPSA) is 93.7 Å². The molecule has 0 aliphatic heterocycles. The second kappa shape index (κ2) is 11.6. The Bertz CT molecular complexity index is 795. The zero-order valence-corrected chi connectivity index (χ0v) is 20.9. The Balaban J connectivity index is 2.11. The average Bonchev–Trinajstić information content (AvgIpc) is 2.71. The van der Waals surface area contributed by atoms with Crippen LogP contribution in [0.5, 0.6) is 0 Å². The highest BCUT2D eigenvalue weighted by Gasteiger charge is 2.36. The number of carbonyl (C=O) groups is 3. The number of amides is 2. The van der Waals surface area contributed by atoms with Crippen LogP contribution in [0.3, 0.4) is 0 Å². The summed E-state index contributed by atoms with van der Waals surface area (Å²) < 4.78 is 5.60. The molecule has 1 aromatic rings. The van der Waals surface area contributed by atoms with Crippen molar-refractivity contribution < 1.29 is 24.0 Å². The number of ether oxygens (including phenoxy) is 1. The highest BCUT2D eigenvalue weighted by atomic mass is 16.7. The Morgan fingerprint density at radius 3 is 2.21 bits per heavy atom. The number of carbonyl (C=O) groups excluding carboxylic acids is 3. The first-order valence-electron chi connectivity index (χ1n) is 11.9. The molecule has 184 valence electrons. The number of hydrogen-bond acceptors (Lipinski definition) is 5. The van der Waals surface area contributed by atoms with Gasteiger partial charge in [0.1, 0.15) is 5.60 Å². The minimum atomic E-state index is -0.586. The highest BCUT2D eigenvalue weighted by Crippen LogP contribution is 2.28. The molecule has 2 rings (SSSR count). The normalized spacial score (nSPS) is 19.9. The van der Waals surface area contributed by atoms with Gasteiger partial charge in [-0.25, -0.2) is 5.48 Å². The summed E-state index contributed by atoms with van der Waals surface area (Å²) in [6.45, 7) is 11.0. The van der Waals surface area contributed by atoms with Crippen LogP contribution in [-0.4, -0.2) is 35.0 Å². The van der Waals surface area contributed by atoms with E-state index in [2.05, 4.69) is 10.8 Å². The van der Waals surface area contributed by atoms with Crippen LogP contribution >= 0.6 is 0 Å². The van der Waals surface area contributed by atoms with E-state index in [0.29, 0.717) is 19.3 Å². The maximum absolute atomic E-state index is 13.3.